The maximum absolute atomic E-state index is 12.9. The molecule has 1 aliphatic rings. The van der Waals surface area contributed by atoms with Gasteiger partial charge in [0.05, 0.1) is 16.6 Å². The molecular formula is C20H22N4O. The standard InChI is InChI=1S/C20H22N4O/c1-12-5-4-6-14(9-12)11-21-20(25)16-10-17(15-7-8-15)22-19-18(16)13(2)23-24(19)3/h4-6,9-10,15H,7-8,11H2,1-3H3,(H,21,25). The molecule has 1 N–H and O–H groups in total. The maximum atomic E-state index is 12.9. The van der Waals surface area contributed by atoms with Crippen molar-refractivity contribution >= 4 is 16.9 Å². The molecule has 128 valence electrons. The van der Waals surface area contributed by atoms with Crippen molar-refractivity contribution in [3.8, 4) is 0 Å². The lowest BCUT2D eigenvalue weighted by molar-refractivity contribution is 0.0952. The number of carbonyl (C=O) groups excluding carboxylic acids is 1. The first kappa shape index (κ1) is 15.8. The SMILES string of the molecule is Cc1cccc(CNC(=O)c2cc(C3CC3)nc3c2c(C)nn3C)c1. The van der Waals surface area contributed by atoms with Crippen LogP contribution in [0.25, 0.3) is 11.0 Å². The van der Waals surface area contributed by atoms with E-state index in [-0.39, 0.29) is 5.91 Å². The monoisotopic (exact) mass is 334 g/mol. The molecule has 2 aromatic heterocycles. The smallest absolute Gasteiger partial charge is 0.252 e. The van der Waals surface area contributed by atoms with Crippen molar-refractivity contribution in [2.24, 2.45) is 7.05 Å². The summed E-state index contributed by atoms with van der Waals surface area (Å²) in [6.45, 7) is 4.50. The molecule has 1 aliphatic carbocycles. The van der Waals surface area contributed by atoms with Crippen molar-refractivity contribution in [1.29, 1.82) is 0 Å². The summed E-state index contributed by atoms with van der Waals surface area (Å²) in [5, 5.41) is 8.37. The maximum Gasteiger partial charge on any atom is 0.252 e. The molecule has 0 atom stereocenters. The molecule has 5 heteroatoms. The molecule has 3 aromatic rings. The Morgan fingerprint density at radius 3 is 2.80 bits per heavy atom. The zero-order valence-corrected chi connectivity index (χ0v) is 14.8. The molecular weight excluding hydrogens is 312 g/mol. The quantitative estimate of drug-likeness (QED) is 0.795. The number of aryl methyl sites for hydroxylation is 3. The van der Waals surface area contributed by atoms with Gasteiger partial charge in [0.15, 0.2) is 5.65 Å². The Bertz CT molecular complexity index is 969. The average Bonchev–Trinajstić information content (AvgIpc) is 3.39. The number of carbonyl (C=O) groups is 1. The van der Waals surface area contributed by atoms with Gasteiger partial charge in [-0.15, -0.1) is 0 Å². The molecule has 1 aromatic carbocycles. The highest BCUT2D eigenvalue weighted by atomic mass is 16.1. The third-order valence-electron chi connectivity index (χ3n) is 4.76. The van der Waals surface area contributed by atoms with E-state index in [1.807, 2.05) is 32.2 Å². The van der Waals surface area contributed by atoms with E-state index in [9.17, 15) is 4.79 Å². The molecule has 0 spiro atoms. The van der Waals surface area contributed by atoms with E-state index in [1.165, 1.54) is 5.56 Å². The lowest BCUT2D eigenvalue weighted by atomic mass is 10.1. The van der Waals surface area contributed by atoms with E-state index in [0.29, 0.717) is 18.0 Å². The molecule has 1 saturated carbocycles. The van der Waals surface area contributed by atoms with Crippen LogP contribution in [0.2, 0.25) is 0 Å². The number of pyridine rings is 1. The molecule has 0 bridgehead atoms. The predicted molar refractivity (Wildman–Crippen MR) is 97.6 cm³/mol. The molecule has 0 aliphatic heterocycles. The van der Waals surface area contributed by atoms with Crippen LogP contribution in [0.3, 0.4) is 0 Å². The van der Waals surface area contributed by atoms with Crippen LogP contribution in [0.5, 0.6) is 0 Å². The zero-order valence-electron chi connectivity index (χ0n) is 14.8. The summed E-state index contributed by atoms with van der Waals surface area (Å²) in [4.78, 5) is 17.6. The lowest BCUT2D eigenvalue weighted by Crippen LogP contribution is -2.23. The van der Waals surface area contributed by atoms with Gasteiger partial charge in [0.25, 0.3) is 5.91 Å². The van der Waals surface area contributed by atoms with Gasteiger partial charge in [-0.25, -0.2) is 4.98 Å². The van der Waals surface area contributed by atoms with E-state index in [4.69, 9.17) is 4.98 Å². The number of hydrogen-bond donors (Lipinski definition) is 1. The molecule has 25 heavy (non-hydrogen) atoms. The van der Waals surface area contributed by atoms with E-state index in [1.54, 1.807) is 4.68 Å². The van der Waals surface area contributed by atoms with Crippen molar-refractivity contribution in [3.63, 3.8) is 0 Å². The van der Waals surface area contributed by atoms with E-state index < -0.39 is 0 Å². The Morgan fingerprint density at radius 2 is 2.08 bits per heavy atom. The number of rotatable bonds is 4. The number of aromatic nitrogens is 3. The first-order valence-electron chi connectivity index (χ1n) is 8.71. The first-order valence-corrected chi connectivity index (χ1v) is 8.71. The Balaban J connectivity index is 1.68. The fourth-order valence-electron chi connectivity index (χ4n) is 3.33. The predicted octanol–water partition coefficient (Wildman–Crippen LogP) is 3.39. The van der Waals surface area contributed by atoms with Crippen LogP contribution < -0.4 is 5.32 Å². The number of benzene rings is 1. The summed E-state index contributed by atoms with van der Waals surface area (Å²) in [5.74, 6) is 0.426. The third-order valence-corrected chi connectivity index (χ3v) is 4.76. The number of hydrogen-bond acceptors (Lipinski definition) is 3. The van der Waals surface area contributed by atoms with Crippen LogP contribution in [-0.4, -0.2) is 20.7 Å². The number of amides is 1. The van der Waals surface area contributed by atoms with E-state index in [0.717, 1.165) is 40.8 Å². The molecule has 1 fully saturated rings. The van der Waals surface area contributed by atoms with Gasteiger partial charge in [0.2, 0.25) is 0 Å². The molecule has 0 saturated heterocycles. The number of nitrogens with one attached hydrogen (secondary N) is 1. The number of fused-ring (bicyclic) bond motifs is 1. The molecule has 2 heterocycles. The highest BCUT2D eigenvalue weighted by Gasteiger charge is 2.28. The Morgan fingerprint density at radius 1 is 1.28 bits per heavy atom. The minimum atomic E-state index is -0.0630. The van der Waals surface area contributed by atoms with Crippen molar-refractivity contribution in [2.45, 2.75) is 39.2 Å². The van der Waals surface area contributed by atoms with Crippen LogP contribution >= 0.6 is 0 Å². The van der Waals surface area contributed by atoms with Crippen LogP contribution in [0, 0.1) is 13.8 Å². The summed E-state index contributed by atoms with van der Waals surface area (Å²) >= 11 is 0. The van der Waals surface area contributed by atoms with Gasteiger partial charge in [0.1, 0.15) is 0 Å². The fraction of sp³-hybridized carbons (Fsp3) is 0.350. The van der Waals surface area contributed by atoms with Crippen molar-refractivity contribution in [2.75, 3.05) is 0 Å². The largest absolute Gasteiger partial charge is 0.348 e. The van der Waals surface area contributed by atoms with Crippen molar-refractivity contribution in [1.82, 2.24) is 20.1 Å². The van der Waals surface area contributed by atoms with Gasteiger partial charge in [-0.3, -0.25) is 9.48 Å². The zero-order chi connectivity index (χ0) is 17.6. The van der Waals surface area contributed by atoms with Crippen LogP contribution in [0.1, 0.15) is 51.6 Å². The van der Waals surface area contributed by atoms with Crippen LogP contribution in [0.4, 0.5) is 0 Å². The average molecular weight is 334 g/mol. The minimum absolute atomic E-state index is 0.0630. The summed E-state index contributed by atoms with van der Waals surface area (Å²) in [6.07, 6.45) is 2.30. The van der Waals surface area contributed by atoms with Gasteiger partial charge in [-0.05, 0) is 38.3 Å². The van der Waals surface area contributed by atoms with Crippen molar-refractivity contribution < 1.29 is 4.79 Å². The van der Waals surface area contributed by atoms with Crippen LogP contribution in [0.15, 0.2) is 30.3 Å². The molecule has 4 rings (SSSR count). The van der Waals surface area contributed by atoms with Crippen molar-refractivity contribution in [3.05, 3.63) is 58.4 Å². The molecule has 5 nitrogen and oxygen atoms in total. The highest BCUT2D eigenvalue weighted by molar-refractivity contribution is 6.06. The van der Waals surface area contributed by atoms with E-state index >= 15 is 0 Å². The Kier molecular flexibility index (Phi) is 3.79. The van der Waals surface area contributed by atoms with Gasteiger partial charge in [-0.2, -0.15) is 5.10 Å². The normalized spacial score (nSPS) is 14.0. The summed E-state index contributed by atoms with van der Waals surface area (Å²) < 4.78 is 1.77. The van der Waals surface area contributed by atoms with Gasteiger partial charge >= 0.3 is 0 Å². The summed E-state index contributed by atoms with van der Waals surface area (Å²) in [7, 11) is 1.88. The summed E-state index contributed by atoms with van der Waals surface area (Å²) in [5.41, 5.74) is 5.62. The molecule has 0 unspecified atom stereocenters. The Labute approximate surface area is 147 Å². The third kappa shape index (κ3) is 3.02. The summed E-state index contributed by atoms with van der Waals surface area (Å²) in [6, 6.07) is 10.1. The van der Waals surface area contributed by atoms with Gasteiger partial charge < -0.3 is 5.32 Å². The van der Waals surface area contributed by atoms with Gasteiger partial charge in [-0.1, -0.05) is 29.8 Å². The lowest BCUT2D eigenvalue weighted by Gasteiger charge is -2.09. The second-order valence-electron chi connectivity index (χ2n) is 6.95. The topological polar surface area (TPSA) is 59.8 Å². The molecule has 0 radical (unpaired) electrons. The minimum Gasteiger partial charge on any atom is -0.348 e. The van der Waals surface area contributed by atoms with E-state index in [2.05, 4.69) is 29.5 Å². The highest BCUT2D eigenvalue weighted by Crippen LogP contribution is 2.40. The van der Waals surface area contributed by atoms with Gasteiger partial charge in [0, 0.05) is 25.2 Å². The second kappa shape index (κ2) is 5.99. The first-order chi connectivity index (χ1) is 12.0. The second-order valence-corrected chi connectivity index (χ2v) is 6.95. The fourth-order valence-corrected chi connectivity index (χ4v) is 3.33. The van der Waals surface area contributed by atoms with Crippen LogP contribution in [-0.2, 0) is 13.6 Å². The number of nitrogens with zero attached hydrogens (tertiary/aromatic N) is 3. The molecule has 1 amide bonds. The Hall–Kier alpha value is -2.69.